The number of piperazine rings is 1. The third-order valence-electron chi connectivity index (χ3n) is 4.45. The molecule has 1 saturated heterocycles. The van der Waals surface area contributed by atoms with Crippen molar-refractivity contribution in [2.24, 2.45) is 0 Å². The highest BCUT2D eigenvalue weighted by Crippen LogP contribution is 2.19. The van der Waals surface area contributed by atoms with Crippen LogP contribution in [0.15, 0.2) is 47.4 Å². The zero-order chi connectivity index (χ0) is 19.6. The van der Waals surface area contributed by atoms with Crippen molar-refractivity contribution in [1.29, 1.82) is 0 Å². The summed E-state index contributed by atoms with van der Waals surface area (Å²) in [5.41, 5.74) is 3.23. The van der Waals surface area contributed by atoms with Gasteiger partial charge in [-0.05, 0) is 73.6 Å². The fraction of sp³-hybridized carbons (Fsp3) is 0.316. The monoisotopic (exact) mass is 407 g/mol. The third-order valence-corrected chi connectivity index (χ3v) is 6.72. The van der Waals surface area contributed by atoms with Crippen molar-refractivity contribution in [3.8, 4) is 0 Å². The highest BCUT2D eigenvalue weighted by Gasteiger charge is 2.29. The van der Waals surface area contributed by atoms with Crippen molar-refractivity contribution < 1.29 is 12.8 Å². The van der Waals surface area contributed by atoms with Gasteiger partial charge in [-0.1, -0.05) is 6.07 Å². The molecule has 27 heavy (non-hydrogen) atoms. The lowest BCUT2D eigenvalue weighted by Crippen LogP contribution is -2.51. The van der Waals surface area contributed by atoms with Crippen LogP contribution < -0.4 is 5.32 Å². The van der Waals surface area contributed by atoms with Crippen LogP contribution in [0.3, 0.4) is 0 Å². The molecule has 0 aromatic heterocycles. The summed E-state index contributed by atoms with van der Waals surface area (Å²) in [7, 11) is -3.62. The summed E-state index contributed by atoms with van der Waals surface area (Å²) in [5, 5.41) is 3.81. The van der Waals surface area contributed by atoms with E-state index in [1.165, 1.54) is 16.4 Å². The largest absolute Gasteiger partial charge is 0.346 e. The highest BCUT2D eigenvalue weighted by atomic mass is 32.2. The molecule has 2 aromatic rings. The van der Waals surface area contributed by atoms with Gasteiger partial charge in [0.05, 0.1) is 4.90 Å². The molecular formula is C19H22FN3O2S2. The van der Waals surface area contributed by atoms with E-state index in [4.69, 9.17) is 12.2 Å². The van der Waals surface area contributed by atoms with Crippen molar-refractivity contribution in [3.63, 3.8) is 0 Å². The fourth-order valence-electron chi connectivity index (χ4n) is 3.14. The van der Waals surface area contributed by atoms with Gasteiger partial charge in [-0.2, -0.15) is 4.31 Å². The quantitative estimate of drug-likeness (QED) is 0.793. The Morgan fingerprint density at radius 1 is 1.00 bits per heavy atom. The van der Waals surface area contributed by atoms with E-state index in [-0.39, 0.29) is 4.90 Å². The molecule has 1 N–H and O–H groups in total. The molecule has 0 spiro atoms. The minimum Gasteiger partial charge on any atom is -0.346 e. The van der Waals surface area contributed by atoms with Crippen LogP contribution in [0.4, 0.5) is 10.1 Å². The van der Waals surface area contributed by atoms with Crippen molar-refractivity contribution in [2.75, 3.05) is 31.5 Å². The van der Waals surface area contributed by atoms with Gasteiger partial charge < -0.3 is 10.2 Å². The molecule has 0 atom stereocenters. The molecule has 1 heterocycles. The van der Waals surface area contributed by atoms with E-state index in [9.17, 15) is 12.8 Å². The molecule has 0 unspecified atom stereocenters. The maximum absolute atomic E-state index is 13.0. The van der Waals surface area contributed by atoms with Crippen molar-refractivity contribution in [2.45, 2.75) is 18.7 Å². The number of thiocarbonyl (C=S) groups is 1. The Morgan fingerprint density at radius 2 is 1.56 bits per heavy atom. The van der Waals surface area contributed by atoms with E-state index in [2.05, 4.69) is 11.4 Å². The third kappa shape index (κ3) is 4.63. The highest BCUT2D eigenvalue weighted by molar-refractivity contribution is 7.89. The minimum atomic E-state index is -3.62. The Bertz CT molecular complexity index is 918. The first-order chi connectivity index (χ1) is 12.8. The number of nitrogens with zero attached hydrogens (tertiary/aromatic N) is 2. The summed E-state index contributed by atoms with van der Waals surface area (Å²) in [6, 6.07) is 11.0. The average Bonchev–Trinajstić information content (AvgIpc) is 2.61. The first-order valence-electron chi connectivity index (χ1n) is 8.66. The van der Waals surface area contributed by atoms with Gasteiger partial charge >= 0.3 is 0 Å². The Kier molecular flexibility index (Phi) is 5.78. The Balaban J connectivity index is 1.62. The molecule has 1 aliphatic heterocycles. The van der Waals surface area contributed by atoms with Crippen LogP contribution >= 0.6 is 12.2 Å². The van der Waals surface area contributed by atoms with Crippen LogP contribution in [-0.4, -0.2) is 48.9 Å². The van der Waals surface area contributed by atoms with Gasteiger partial charge in [-0.15, -0.1) is 0 Å². The molecule has 0 radical (unpaired) electrons. The van der Waals surface area contributed by atoms with E-state index in [1.807, 2.05) is 30.9 Å². The molecule has 0 amide bonds. The van der Waals surface area contributed by atoms with Crippen molar-refractivity contribution in [3.05, 3.63) is 59.4 Å². The number of rotatable bonds is 3. The number of hydrogen-bond acceptors (Lipinski definition) is 3. The molecule has 0 bridgehead atoms. The average molecular weight is 408 g/mol. The maximum Gasteiger partial charge on any atom is 0.243 e. The lowest BCUT2D eigenvalue weighted by molar-refractivity contribution is 0.268. The number of aryl methyl sites for hydroxylation is 2. The van der Waals surface area contributed by atoms with Gasteiger partial charge in [-0.3, -0.25) is 0 Å². The molecule has 8 heteroatoms. The number of anilines is 1. The summed E-state index contributed by atoms with van der Waals surface area (Å²) < 4.78 is 39.8. The van der Waals surface area contributed by atoms with E-state index in [1.54, 1.807) is 0 Å². The minimum absolute atomic E-state index is 0.105. The lowest BCUT2D eigenvalue weighted by atomic mass is 10.1. The summed E-state index contributed by atoms with van der Waals surface area (Å²) in [6.07, 6.45) is 0. The normalized spacial score (nSPS) is 15.6. The van der Waals surface area contributed by atoms with Gasteiger partial charge in [0.1, 0.15) is 5.82 Å². The Hall–Kier alpha value is -2.03. The van der Waals surface area contributed by atoms with Crippen LogP contribution in [0.25, 0.3) is 0 Å². The van der Waals surface area contributed by atoms with Crippen molar-refractivity contribution in [1.82, 2.24) is 9.21 Å². The lowest BCUT2D eigenvalue weighted by Gasteiger charge is -2.35. The van der Waals surface area contributed by atoms with Crippen LogP contribution in [0.1, 0.15) is 11.1 Å². The van der Waals surface area contributed by atoms with Crippen molar-refractivity contribution >= 4 is 33.0 Å². The molecule has 1 aliphatic rings. The second-order valence-electron chi connectivity index (χ2n) is 6.65. The Morgan fingerprint density at radius 3 is 2.11 bits per heavy atom. The van der Waals surface area contributed by atoms with E-state index in [0.29, 0.717) is 31.3 Å². The smallest absolute Gasteiger partial charge is 0.243 e. The van der Waals surface area contributed by atoms with Gasteiger partial charge in [-0.25, -0.2) is 12.8 Å². The first-order valence-corrected chi connectivity index (χ1v) is 10.5. The maximum atomic E-state index is 13.0. The standard InChI is InChI=1S/C19H22FN3O2S2/c1-14-11-15(2)13-17(12-14)21-19(26)22-7-9-23(10-8-22)27(24,25)18-5-3-16(20)4-6-18/h3-6,11-13H,7-10H2,1-2H3,(H,21,26). The summed E-state index contributed by atoms with van der Waals surface area (Å²) >= 11 is 5.49. The van der Waals surface area contributed by atoms with Crippen LogP contribution in [0, 0.1) is 19.7 Å². The molecule has 0 saturated carbocycles. The van der Waals surface area contributed by atoms with E-state index >= 15 is 0 Å². The second kappa shape index (κ2) is 7.92. The molecule has 1 fully saturated rings. The predicted molar refractivity (Wildman–Crippen MR) is 109 cm³/mol. The van der Waals surface area contributed by atoms with Crippen LogP contribution in [-0.2, 0) is 10.0 Å². The fourth-order valence-corrected chi connectivity index (χ4v) is 4.86. The van der Waals surface area contributed by atoms with Gasteiger partial charge in [0.15, 0.2) is 5.11 Å². The number of nitrogens with one attached hydrogen (secondary N) is 1. The Labute approximate surface area is 164 Å². The molecule has 5 nitrogen and oxygen atoms in total. The summed E-state index contributed by atoms with van der Waals surface area (Å²) in [6.45, 7) is 5.71. The number of benzene rings is 2. The van der Waals surface area contributed by atoms with Gasteiger partial charge in [0, 0.05) is 31.9 Å². The van der Waals surface area contributed by atoms with Gasteiger partial charge in [0.25, 0.3) is 0 Å². The van der Waals surface area contributed by atoms with E-state index in [0.717, 1.165) is 28.9 Å². The number of hydrogen-bond donors (Lipinski definition) is 1. The SMILES string of the molecule is Cc1cc(C)cc(NC(=S)N2CCN(S(=O)(=O)c3ccc(F)cc3)CC2)c1. The van der Waals surface area contributed by atoms with Crippen LogP contribution in [0.5, 0.6) is 0 Å². The van der Waals surface area contributed by atoms with Crippen LogP contribution in [0.2, 0.25) is 0 Å². The molecule has 3 rings (SSSR count). The molecule has 144 valence electrons. The first kappa shape index (κ1) is 19.7. The number of sulfonamides is 1. The summed E-state index contributed by atoms with van der Waals surface area (Å²) in [4.78, 5) is 2.07. The molecule has 2 aromatic carbocycles. The predicted octanol–water partition coefficient (Wildman–Crippen LogP) is 3.15. The topological polar surface area (TPSA) is 52.6 Å². The number of halogens is 1. The zero-order valence-corrected chi connectivity index (χ0v) is 16.9. The van der Waals surface area contributed by atoms with Gasteiger partial charge in [0.2, 0.25) is 10.0 Å². The molecule has 0 aliphatic carbocycles. The second-order valence-corrected chi connectivity index (χ2v) is 8.98. The summed E-state index contributed by atoms with van der Waals surface area (Å²) in [5.74, 6) is -0.457. The van der Waals surface area contributed by atoms with E-state index < -0.39 is 15.8 Å². The molecular weight excluding hydrogens is 385 g/mol. The zero-order valence-electron chi connectivity index (χ0n) is 15.3.